The van der Waals surface area contributed by atoms with Crippen molar-refractivity contribution in [3.8, 4) is 16.9 Å². The molecule has 10 heteroatoms. The smallest absolute Gasteiger partial charge is 0.240 e. The van der Waals surface area contributed by atoms with Gasteiger partial charge in [0.1, 0.15) is 17.1 Å². The van der Waals surface area contributed by atoms with E-state index in [2.05, 4.69) is 10.1 Å². The molecule has 4 rings (SSSR count). The number of fused-ring (bicyclic) bond motifs is 1. The molecule has 0 unspecified atom stereocenters. The Morgan fingerprint density at radius 1 is 1.12 bits per heavy atom. The lowest BCUT2D eigenvalue weighted by molar-refractivity contribution is -0.0955. The maximum atomic E-state index is 15.5. The number of pyridine rings is 1. The van der Waals surface area contributed by atoms with Gasteiger partial charge in [0.2, 0.25) is 5.95 Å². The molecule has 0 bridgehead atoms. The van der Waals surface area contributed by atoms with Gasteiger partial charge in [0, 0.05) is 18.2 Å². The number of hydrogen-bond acceptors (Lipinski definition) is 5. The summed E-state index contributed by atoms with van der Waals surface area (Å²) >= 11 is 6.15. The van der Waals surface area contributed by atoms with E-state index in [1.807, 2.05) is 0 Å². The zero-order valence-electron chi connectivity index (χ0n) is 18.4. The van der Waals surface area contributed by atoms with Gasteiger partial charge >= 0.3 is 0 Å². The van der Waals surface area contributed by atoms with Gasteiger partial charge < -0.3 is 15.6 Å². The van der Waals surface area contributed by atoms with Crippen molar-refractivity contribution in [1.29, 1.82) is 0 Å². The summed E-state index contributed by atoms with van der Waals surface area (Å²) in [6.07, 6.45) is 1.30. The van der Waals surface area contributed by atoms with Gasteiger partial charge in [-0.05, 0) is 61.4 Å². The maximum absolute atomic E-state index is 15.5. The fourth-order valence-corrected chi connectivity index (χ4v) is 3.82. The molecule has 4 aromatic rings. The number of nitrogens with two attached hydrogens (primary N) is 1. The number of rotatable bonds is 7. The van der Waals surface area contributed by atoms with Crippen LogP contribution in [0.1, 0.15) is 25.8 Å². The van der Waals surface area contributed by atoms with Crippen LogP contribution in [0, 0.1) is 11.6 Å². The van der Waals surface area contributed by atoms with Crippen LogP contribution in [0.3, 0.4) is 0 Å². The van der Waals surface area contributed by atoms with Crippen molar-refractivity contribution in [2.45, 2.75) is 31.5 Å². The third kappa shape index (κ3) is 4.41. The number of nitrogens with zero attached hydrogens (tertiary/aromatic N) is 3. The lowest BCUT2D eigenvalue weighted by atomic mass is 9.79. The van der Waals surface area contributed by atoms with Crippen molar-refractivity contribution in [2.75, 3.05) is 12.3 Å². The third-order valence-electron chi connectivity index (χ3n) is 5.95. The Morgan fingerprint density at radius 3 is 2.53 bits per heavy atom. The van der Waals surface area contributed by atoms with E-state index < -0.39 is 22.9 Å². The summed E-state index contributed by atoms with van der Waals surface area (Å²) in [5, 5.41) is 14.8. The molecule has 0 spiro atoms. The van der Waals surface area contributed by atoms with E-state index in [9.17, 15) is 9.50 Å². The monoisotopic (exact) mass is 490 g/mol. The van der Waals surface area contributed by atoms with Crippen LogP contribution in [0.25, 0.3) is 16.8 Å². The summed E-state index contributed by atoms with van der Waals surface area (Å²) in [6, 6.07) is 11.1. The summed E-state index contributed by atoms with van der Waals surface area (Å²) in [5.41, 5.74) is 2.81. The standard InChI is InChI=1S/C24H22ClF3N4O2/c1-23(28,24(2,33)15-3-5-16(26)6-4-15)10-12-34-21-18(25)8-7-17(20(21)27)14-9-11-32-19(13-14)30-22(29)31-32/h3-9,11,13,33H,10,12H2,1-2H3,(H2,29,31)/t23-,24-/m0/s1. The highest BCUT2D eigenvalue weighted by molar-refractivity contribution is 6.32. The molecule has 2 aromatic carbocycles. The molecule has 0 aliphatic rings. The predicted octanol–water partition coefficient (Wildman–Crippen LogP) is 5.31. The van der Waals surface area contributed by atoms with E-state index in [0.717, 1.165) is 12.1 Å². The molecule has 0 saturated carbocycles. The molecule has 34 heavy (non-hydrogen) atoms. The SMILES string of the molecule is C[C@](F)(CCOc1c(Cl)ccc(-c2ccn3nc(N)nc3c2)c1F)[C@@](C)(O)c1ccc(F)cc1. The Labute approximate surface area is 198 Å². The van der Waals surface area contributed by atoms with Gasteiger partial charge in [0.05, 0.1) is 11.6 Å². The molecule has 6 nitrogen and oxygen atoms in total. The minimum atomic E-state index is -2.18. The molecule has 0 amide bonds. The van der Waals surface area contributed by atoms with Crippen LogP contribution in [-0.4, -0.2) is 32.0 Å². The summed E-state index contributed by atoms with van der Waals surface area (Å²) in [4.78, 5) is 4.06. The Balaban J connectivity index is 1.54. The molecule has 0 saturated heterocycles. The lowest BCUT2D eigenvalue weighted by Gasteiger charge is -2.36. The number of halogens is 4. The highest BCUT2D eigenvalue weighted by Crippen LogP contribution is 2.40. The summed E-state index contributed by atoms with van der Waals surface area (Å²) in [7, 11) is 0. The number of nitrogen functional groups attached to an aromatic ring is 1. The van der Waals surface area contributed by atoms with E-state index in [0.29, 0.717) is 11.2 Å². The Kier molecular flexibility index (Phi) is 6.18. The number of benzene rings is 2. The number of aromatic nitrogens is 3. The lowest BCUT2D eigenvalue weighted by Crippen LogP contribution is -2.45. The first-order valence-corrected chi connectivity index (χ1v) is 10.8. The molecule has 0 radical (unpaired) electrons. The first-order chi connectivity index (χ1) is 16.0. The van der Waals surface area contributed by atoms with Gasteiger partial charge in [-0.15, -0.1) is 5.10 Å². The normalized spacial score (nSPS) is 15.1. The fraction of sp³-hybridized carbons (Fsp3) is 0.250. The van der Waals surface area contributed by atoms with Gasteiger partial charge in [-0.2, -0.15) is 4.98 Å². The number of alkyl halides is 1. The third-order valence-corrected chi connectivity index (χ3v) is 6.25. The van der Waals surface area contributed by atoms with Gasteiger partial charge in [0.25, 0.3) is 0 Å². The van der Waals surface area contributed by atoms with Gasteiger partial charge in [0.15, 0.2) is 17.2 Å². The first kappa shape index (κ1) is 23.8. The fourth-order valence-electron chi connectivity index (χ4n) is 3.62. The largest absolute Gasteiger partial charge is 0.489 e. The molecule has 3 N–H and O–H groups in total. The predicted molar refractivity (Wildman–Crippen MR) is 123 cm³/mol. The highest BCUT2D eigenvalue weighted by Gasteiger charge is 2.45. The number of hydrogen-bond donors (Lipinski definition) is 2. The van der Waals surface area contributed by atoms with Crippen LogP contribution in [0.2, 0.25) is 5.02 Å². The maximum Gasteiger partial charge on any atom is 0.240 e. The van der Waals surface area contributed by atoms with Crippen molar-refractivity contribution in [3.63, 3.8) is 0 Å². The van der Waals surface area contributed by atoms with Crippen LogP contribution in [0.15, 0.2) is 54.7 Å². The van der Waals surface area contributed by atoms with Gasteiger partial charge in [-0.25, -0.2) is 17.7 Å². The van der Waals surface area contributed by atoms with E-state index in [-0.39, 0.29) is 40.9 Å². The summed E-state index contributed by atoms with van der Waals surface area (Å²) in [6.45, 7) is 2.22. The summed E-state index contributed by atoms with van der Waals surface area (Å²) in [5.74, 6) is -1.38. The summed E-state index contributed by atoms with van der Waals surface area (Å²) < 4.78 is 51.0. The van der Waals surface area contributed by atoms with Crippen LogP contribution in [0.4, 0.5) is 19.1 Å². The van der Waals surface area contributed by atoms with Gasteiger partial charge in [-0.3, -0.25) is 0 Å². The molecule has 2 aromatic heterocycles. The van der Waals surface area contributed by atoms with Crippen molar-refractivity contribution in [2.24, 2.45) is 0 Å². The molecule has 2 atom stereocenters. The van der Waals surface area contributed by atoms with Gasteiger partial charge in [-0.1, -0.05) is 23.7 Å². The first-order valence-electron chi connectivity index (χ1n) is 10.4. The minimum absolute atomic E-state index is 0.0138. The van der Waals surface area contributed by atoms with Crippen LogP contribution < -0.4 is 10.5 Å². The average Bonchev–Trinajstić information content (AvgIpc) is 3.15. The van der Waals surface area contributed by atoms with Crippen LogP contribution in [0.5, 0.6) is 5.75 Å². The second-order valence-electron chi connectivity index (χ2n) is 8.30. The van der Waals surface area contributed by atoms with Crippen molar-refractivity contribution in [1.82, 2.24) is 14.6 Å². The topological polar surface area (TPSA) is 85.7 Å². The van der Waals surface area contributed by atoms with E-state index >= 15 is 8.78 Å². The molecule has 2 heterocycles. The average molecular weight is 491 g/mol. The molecular formula is C24H22ClF3N4O2. The van der Waals surface area contributed by atoms with Crippen molar-refractivity contribution in [3.05, 3.63) is 76.9 Å². The second-order valence-corrected chi connectivity index (χ2v) is 8.71. The zero-order valence-corrected chi connectivity index (χ0v) is 19.2. The minimum Gasteiger partial charge on any atom is -0.489 e. The van der Waals surface area contributed by atoms with Crippen LogP contribution >= 0.6 is 11.6 Å². The zero-order chi connectivity index (χ0) is 24.7. The van der Waals surface area contributed by atoms with E-state index in [4.69, 9.17) is 22.1 Å². The molecule has 0 aliphatic heterocycles. The molecule has 178 valence electrons. The Hall–Kier alpha value is -3.30. The second kappa shape index (κ2) is 8.81. The number of aliphatic hydroxyl groups is 1. The van der Waals surface area contributed by atoms with Crippen LogP contribution in [-0.2, 0) is 5.60 Å². The number of ether oxygens (including phenoxy) is 1. The van der Waals surface area contributed by atoms with Crippen molar-refractivity contribution >= 4 is 23.2 Å². The molecule has 0 fully saturated rings. The van der Waals surface area contributed by atoms with E-state index in [1.165, 1.54) is 42.6 Å². The Morgan fingerprint density at radius 2 is 1.82 bits per heavy atom. The number of anilines is 1. The van der Waals surface area contributed by atoms with Crippen molar-refractivity contribution < 1.29 is 23.0 Å². The highest BCUT2D eigenvalue weighted by atomic mass is 35.5. The van der Waals surface area contributed by atoms with E-state index in [1.54, 1.807) is 18.3 Å². The quantitative estimate of drug-likeness (QED) is 0.366. The Bertz CT molecular complexity index is 1340. The molecular weight excluding hydrogens is 469 g/mol. The molecule has 0 aliphatic carbocycles.